The third kappa shape index (κ3) is 4.72. The maximum atomic E-state index is 12.4. The van der Waals surface area contributed by atoms with Crippen LogP contribution in [0.4, 0.5) is 5.69 Å². The molecule has 0 atom stereocenters. The number of anilines is 1. The molecular formula is C21H24N4O2S. The number of amides is 1. The van der Waals surface area contributed by atoms with Crippen LogP contribution in [-0.2, 0) is 11.3 Å². The summed E-state index contributed by atoms with van der Waals surface area (Å²) in [5.41, 5.74) is 2.87. The Morgan fingerprint density at radius 1 is 1.14 bits per heavy atom. The molecule has 146 valence electrons. The van der Waals surface area contributed by atoms with Crippen molar-refractivity contribution in [2.45, 2.75) is 32.5 Å². The molecule has 1 aromatic heterocycles. The average molecular weight is 397 g/mol. The molecule has 3 aromatic rings. The molecule has 28 heavy (non-hydrogen) atoms. The van der Waals surface area contributed by atoms with Gasteiger partial charge in [0, 0.05) is 12.1 Å². The Kier molecular flexibility index (Phi) is 6.71. The van der Waals surface area contributed by atoms with Crippen molar-refractivity contribution in [2.24, 2.45) is 0 Å². The molecule has 0 aliphatic heterocycles. The minimum absolute atomic E-state index is 0.111. The summed E-state index contributed by atoms with van der Waals surface area (Å²) in [6.45, 7) is 7.29. The van der Waals surface area contributed by atoms with Crippen molar-refractivity contribution in [2.75, 3.05) is 17.7 Å². The number of ether oxygens (including phenoxy) is 1. The molecule has 3 rings (SSSR count). The summed E-state index contributed by atoms with van der Waals surface area (Å²) in [6.07, 6.45) is 0. The van der Waals surface area contributed by atoms with Gasteiger partial charge in [0.15, 0.2) is 11.0 Å². The predicted octanol–water partition coefficient (Wildman–Crippen LogP) is 4.40. The summed E-state index contributed by atoms with van der Waals surface area (Å²) < 4.78 is 7.58. The zero-order valence-corrected chi connectivity index (χ0v) is 17.1. The summed E-state index contributed by atoms with van der Waals surface area (Å²) in [7, 11) is 0. The Morgan fingerprint density at radius 2 is 1.96 bits per heavy atom. The van der Waals surface area contributed by atoms with Crippen molar-refractivity contribution in [1.82, 2.24) is 14.8 Å². The van der Waals surface area contributed by atoms with Crippen LogP contribution in [0.25, 0.3) is 11.4 Å². The highest BCUT2D eigenvalue weighted by molar-refractivity contribution is 7.99. The summed E-state index contributed by atoms with van der Waals surface area (Å²) in [5.74, 6) is 1.62. The Morgan fingerprint density at radius 3 is 2.71 bits per heavy atom. The number of hydrogen-bond donors (Lipinski definition) is 1. The van der Waals surface area contributed by atoms with Crippen molar-refractivity contribution in [3.63, 3.8) is 0 Å². The van der Waals surface area contributed by atoms with E-state index in [0.717, 1.165) is 23.1 Å². The molecule has 0 saturated carbocycles. The third-order valence-corrected chi connectivity index (χ3v) is 5.07. The molecule has 0 radical (unpaired) electrons. The van der Waals surface area contributed by atoms with Crippen molar-refractivity contribution in [3.8, 4) is 17.1 Å². The number of para-hydroxylation sites is 2. The minimum atomic E-state index is -0.111. The fourth-order valence-corrected chi connectivity index (χ4v) is 3.65. The quantitative estimate of drug-likeness (QED) is 0.572. The highest BCUT2D eigenvalue weighted by Gasteiger charge is 2.15. The average Bonchev–Trinajstić information content (AvgIpc) is 3.11. The van der Waals surface area contributed by atoms with E-state index in [-0.39, 0.29) is 11.7 Å². The topological polar surface area (TPSA) is 69.0 Å². The van der Waals surface area contributed by atoms with Crippen LogP contribution in [-0.4, -0.2) is 33.0 Å². The molecule has 0 saturated heterocycles. The number of nitrogens with one attached hydrogen (secondary N) is 1. The van der Waals surface area contributed by atoms with E-state index in [1.54, 1.807) is 0 Å². The van der Waals surface area contributed by atoms with Gasteiger partial charge in [0.25, 0.3) is 0 Å². The molecule has 0 aliphatic carbocycles. The number of carbonyl (C=O) groups excluding carboxylic acids is 1. The Labute approximate surface area is 169 Å². The summed E-state index contributed by atoms with van der Waals surface area (Å²) in [4.78, 5) is 12.4. The standard InChI is InChI=1S/C21H24N4O2S/c1-4-25-20(16-10-8-9-15(3)13-16)23-24-21(25)28-14-19(26)22-17-11-6-7-12-18(17)27-5-2/h6-13H,4-5,14H2,1-3H3,(H,22,26). The zero-order valence-electron chi connectivity index (χ0n) is 16.3. The maximum absolute atomic E-state index is 12.4. The van der Waals surface area contributed by atoms with Gasteiger partial charge < -0.3 is 14.6 Å². The number of nitrogens with zero attached hydrogens (tertiary/aromatic N) is 3. The first-order chi connectivity index (χ1) is 13.6. The lowest BCUT2D eigenvalue weighted by molar-refractivity contribution is -0.113. The van der Waals surface area contributed by atoms with Gasteiger partial charge in [0.05, 0.1) is 18.0 Å². The highest BCUT2D eigenvalue weighted by Crippen LogP contribution is 2.26. The molecule has 1 amide bonds. The highest BCUT2D eigenvalue weighted by atomic mass is 32.2. The first kappa shape index (κ1) is 19.9. The second-order valence-corrected chi connectivity index (χ2v) is 7.13. The largest absolute Gasteiger partial charge is 0.492 e. The van der Waals surface area contributed by atoms with E-state index >= 15 is 0 Å². The van der Waals surface area contributed by atoms with Crippen LogP contribution < -0.4 is 10.1 Å². The molecule has 0 aliphatic rings. The summed E-state index contributed by atoms with van der Waals surface area (Å²) in [6, 6.07) is 15.6. The van der Waals surface area contributed by atoms with Gasteiger partial charge in [0.1, 0.15) is 5.75 Å². The fourth-order valence-electron chi connectivity index (χ4n) is 2.85. The predicted molar refractivity (Wildman–Crippen MR) is 113 cm³/mol. The molecular weight excluding hydrogens is 372 g/mol. The number of aryl methyl sites for hydroxylation is 1. The number of rotatable bonds is 8. The number of benzene rings is 2. The molecule has 0 fully saturated rings. The lowest BCUT2D eigenvalue weighted by Crippen LogP contribution is -2.15. The lowest BCUT2D eigenvalue weighted by atomic mass is 10.1. The fraction of sp³-hybridized carbons (Fsp3) is 0.286. The van der Waals surface area contributed by atoms with Crippen LogP contribution in [0.15, 0.2) is 53.7 Å². The van der Waals surface area contributed by atoms with Crippen molar-refractivity contribution >= 4 is 23.4 Å². The first-order valence-corrected chi connectivity index (χ1v) is 10.3. The Hall–Kier alpha value is -2.80. The molecule has 0 spiro atoms. The summed E-state index contributed by atoms with van der Waals surface area (Å²) >= 11 is 1.37. The lowest BCUT2D eigenvalue weighted by Gasteiger charge is -2.11. The maximum Gasteiger partial charge on any atom is 0.234 e. The Balaban J connectivity index is 1.69. The second kappa shape index (κ2) is 9.41. The molecule has 7 heteroatoms. The molecule has 2 aromatic carbocycles. The Bertz CT molecular complexity index is 955. The van der Waals surface area contributed by atoms with E-state index in [9.17, 15) is 4.79 Å². The van der Waals surface area contributed by atoms with E-state index in [0.29, 0.717) is 18.0 Å². The van der Waals surface area contributed by atoms with Gasteiger partial charge in [-0.15, -0.1) is 10.2 Å². The van der Waals surface area contributed by atoms with E-state index < -0.39 is 0 Å². The van der Waals surface area contributed by atoms with Gasteiger partial charge in [-0.1, -0.05) is 47.7 Å². The number of carbonyl (C=O) groups is 1. The van der Waals surface area contributed by atoms with E-state index in [4.69, 9.17) is 4.74 Å². The van der Waals surface area contributed by atoms with Crippen LogP contribution in [0.1, 0.15) is 19.4 Å². The van der Waals surface area contributed by atoms with Gasteiger partial charge in [-0.25, -0.2) is 0 Å². The van der Waals surface area contributed by atoms with Crippen LogP contribution >= 0.6 is 11.8 Å². The molecule has 0 unspecified atom stereocenters. The van der Waals surface area contributed by atoms with Crippen LogP contribution in [0.2, 0.25) is 0 Å². The van der Waals surface area contributed by atoms with E-state index in [1.807, 2.05) is 54.8 Å². The number of thioether (sulfide) groups is 1. The normalized spacial score (nSPS) is 10.7. The van der Waals surface area contributed by atoms with Gasteiger partial charge in [-0.05, 0) is 39.0 Å². The van der Waals surface area contributed by atoms with Gasteiger partial charge in [0.2, 0.25) is 5.91 Å². The van der Waals surface area contributed by atoms with E-state index in [1.165, 1.54) is 17.3 Å². The number of hydrogen-bond acceptors (Lipinski definition) is 5. The molecule has 1 heterocycles. The zero-order chi connectivity index (χ0) is 19.9. The smallest absolute Gasteiger partial charge is 0.234 e. The van der Waals surface area contributed by atoms with Crippen LogP contribution in [0, 0.1) is 6.92 Å². The van der Waals surface area contributed by atoms with Crippen molar-refractivity contribution in [1.29, 1.82) is 0 Å². The van der Waals surface area contributed by atoms with Crippen LogP contribution in [0.3, 0.4) is 0 Å². The SMILES string of the molecule is CCOc1ccccc1NC(=O)CSc1nnc(-c2cccc(C)c2)n1CC. The van der Waals surface area contributed by atoms with Crippen LogP contribution in [0.5, 0.6) is 5.75 Å². The molecule has 0 bridgehead atoms. The van der Waals surface area contributed by atoms with Crippen molar-refractivity contribution < 1.29 is 9.53 Å². The first-order valence-electron chi connectivity index (χ1n) is 9.27. The van der Waals surface area contributed by atoms with Crippen molar-refractivity contribution in [3.05, 3.63) is 54.1 Å². The number of aromatic nitrogens is 3. The van der Waals surface area contributed by atoms with Gasteiger partial charge in [-0.2, -0.15) is 0 Å². The third-order valence-electron chi connectivity index (χ3n) is 4.10. The molecule has 6 nitrogen and oxygen atoms in total. The van der Waals surface area contributed by atoms with Gasteiger partial charge >= 0.3 is 0 Å². The minimum Gasteiger partial charge on any atom is -0.492 e. The van der Waals surface area contributed by atoms with E-state index in [2.05, 4.69) is 34.6 Å². The monoisotopic (exact) mass is 396 g/mol. The second-order valence-electron chi connectivity index (χ2n) is 6.19. The van der Waals surface area contributed by atoms with Gasteiger partial charge in [-0.3, -0.25) is 4.79 Å². The molecule has 1 N–H and O–H groups in total. The summed E-state index contributed by atoms with van der Waals surface area (Å²) in [5, 5.41) is 12.3.